The van der Waals surface area contributed by atoms with Gasteiger partial charge in [0.15, 0.2) is 0 Å². The minimum absolute atomic E-state index is 0.472. The maximum Gasteiger partial charge on any atom is 0.277 e. The van der Waals surface area contributed by atoms with Crippen LogP contribution in [0.1, 0.15) is 18.6 Å². The van der Waals surface area contributed by atoms with E-state index < -0.39 is 0 Å². The van der Waals surface area contributed by atoms with Gasteiger partial charge < -0.3 is 9.15 Å². The van der Waals surface area contributed by atoms with E-state index in [0.29, 0.717) is 23.5 Å². The Hall–Kier alpha value is -2.61. The van der Waals surface area contributed by atoms with Crippen LogP contribution in [-0.4, -0.2) is 32.0 Å². The van der Waals surface area contributed by atoms with Gasteiger partial charge in [0.25, 0.3) is 5.22 Å². The summed E-state index contributed by atoms with van der Waals surface area (Å²) in [5, 5.41) is 15.6. The fourth-order valence-electron chi connectivity index (χ4n) is 1.92. The zero-order chi connectivity index (χ0) is 16.8. The third kappa shape index (κ3) is 4.02. The molecule has 2 aromatic heterocycles. The molecule has 3 aromatic rings. The van der Waals surface area contributed by atoms with E-state index in [9.17, 15) is 0 Å². The number of aryl methyl sites for hydroxylation is 1. The van der Waals surface area contributed by atoms with E-state index in [1.165, 1.54) is 11.8 Å². The van der Waals surface area contributed by atoms with Crippen LogP contribution in [-0.2, 0) is 12.2 Å². The zero-order valence-corrected chi connectivity index (χ0v) is 14.0. The molecule has 0 bridgehead atoms. The summed E-state index contributed by atoms with van der Waals surface area (Å²) in [7, 11) is 0. The molecule has 0 amide bonds. The Morgan fingerprint density at radius 2 is 2.12 bits per heavy atom. The monoisotopic (exact) mass is 343 g/mol. The smallest absolute Gasteiger partial charge is 0.277 e. The quantitative estimate of drug-likeness (QED) is 0.496. The van der Waals surface area contributed by atoms with E-state index in [0.717, 1.165) is 29.4 Å². The predicted molar refractivity (Wildman–Crippen MR) is 90.7 cm³/mol. The highest BCUT2D eigenvalue weighted by molar-refractivity contribution is 7.98. The number of hydrogen-bond acceptors (Lipinski definition) is 7. The Balaban J connectivity index is 1.61. The lowest BCUT2D eigenvalue weighted by Gasteiger charge is -2.02. The lowest BCUT2D eigenvalue weighted by Crippen LogP contribution is -1.92. The molecule has 8 heteroatoms. The second kappa shape index (κ2) is 7.78. The molecular formula is C16H17N5O2S. The summed E-state index contributed by atoms with van der Waals surface area (Å²) in [4.78, 5) is 4.34. The second-order valence-corrected chi connectivity index (χ2v) is 5.76. The van der Waals surface area contributed by atoms with Gasteiger partial charge in [-0.05, 0) is 24.3 Å². The summed E-state index contributed by atoms with van der Waals surface area (Å²) in [5.41, 5.74) is 0.841. The van der Waals surface area contributed by atoms with Gasteiger partial charge >= 0.3 is 0 Å². The van der Waals surface area contributed by atoms with Crippen molar-refractivity contribution in [1.82, 2.24) is 25.4 Å². The summed E-state index contributed by atoms with van der Waals surface area (Å²) in [6.45, 7) is 6.10. The van der Waals surface area contributed by atoms with Crippen molar-refractivity contribution in [2.24, 2.45) is 0 Å². The molecule has 24 heavy (non-hydrogen) atoms. The maximum atomic E-state index is 5.67. The van der Waals surface area contributed by atoms with Crippen LogP contribution in [0.15, 0.2) is 46.6 Å². The van der Waals surface area contributed by atoms with Gasteiger partial charge in [0.05, 0.1) is 5.75 Å². The molecule has 1 N–H and O–H groups in total. The SMILES string of the molecule is C=CCOc1ccc(-c2nnc(SCc3nc(CC)n[nH]3)o2)cc1. The number of ether oxygens (including phenoxy) is 1. The Kier molecular flexibility index (Phi) is 5.27. The van der Waals surface area contributed by atoms with E-state index in [1.807, 2.05) is 31.2 Å². The van der Waals surface area contributed by atoms with E-state index in [-0.39, 0.29) is 0 Å². The predicted octanol–water partition coefficient (Wildman–Crippen LogP) is 3.27. The molecular weight excluding hydrogens is 326 g/mol. The molecule has 7 nitrogen and oxygen atoms in total. The molecule has 0 aliphatic heterocycles. The number of nitrogens with zero attached hydrogens (tertiary/aromatic N) is 4. The standard InChI is InChI=1S/C16H17N5O2S/c1-3-9-22-12-7-5-11(6-8-12)15-20-21-16(23-15)24-10-14-17-13(4-2)18-19-14/h3,5-8H,1,4,9-10H2,2H3,(H,17,18,19). The van der Waals surface area contributed by atoms with Crippen molar-refractivity contribution < 1.29 is 9.15 Å². The number of H-pyrrole nitrogens is 1. The number of rotatable bonds is 8. The van der Waals surface area contributed by atoms with E-state index in [2.05, 4.69) is 32.0 Å². The van der Waals surface area contributed by atoms with Crippen LogP contribution < -0.4 is 4.74 Å². The van der Waals surface area contributed by atoms with Gasteiger partial charge in [0.1, 0.15) is 24.0 Å². The number of thioether (sulfide) groups is 1. The largest absolute Gasteiger partial charge is 0.490 e. The highest BCUT2D eigenvalue weighted by atomic mass is 32.2. The normalized spacial score (nSPS) is 10.7. The molecule has 0 saturated carbocycles. The summed E-state index contributed by atoms with van der Waals surface area (Å²) in [5.74, 6) is 3.43. The van der Waals surface area contributed by atoms with Crippen LogP contribution >= 0.6 is 11.8 Å². The Labute approximate surface area is 143 Å². The summed E-state index contributed by atoms with van der Waals surface area (Å²) in [6.07, 6.45) is 2.51. The van der Waals surface area contributed by atoms with Crippen LogP contribution in [0.25, 0.3) is 11.5 Å². The number of nitrogens with one attached hydrogen (secondary N) is 1. The average Bonchev–Trinajstić information content (AvgIpc) is 3.27. The van der Waals surface area contributed by atoms with E-state index in [1.54, 1.807) is 6.08 Å². The van der Waals surface area contributed by atoms with Gasteiger partial charge in [-0.2, -0.15) is 5.10 Å². The highest BCUT2D eigenvalue weighted by Crippen LogP contribution is 2.26. The second-order valence-electron chi connectivity index (χ2n) is 4.84. The lowest BCUT2D eigenvalue weighted by atomic mass is 10.2. The molecule has 0 radical (unpaired) electrons. The molecule has 1 aromatic carbocycles. The van der Waals surface area contributed by atoms with Crippen molar-refractivity contribution in [3.8, 4) is 17.2 Å². The molecule has 0 fully saturated rings. The molecule has 0 unspecified atom stereocenters. The van der Waals surface area contributed by atoms with Gasteiger partial charge in [0.2, 0.25) is 5.89 Å². The number of aromatic amines is 1. The average molecular weight is 343 g/mol. The Bertz CT molecular complexity index is 797. The number of benzene rings is 1. The van der Waals surface area contributed by atoms with Crippen molar-refractivity contribution in [3.05, 3.63) is 48.6 Å². The molecule has 0 spiro atoms. The lowest BCUT2D eigenvalue weighted by molar-refractivity contribution is 0.363. The third-order valence-electron chi connectivity index (χ3n) is 3.10. The molecule has 124 valence electrons. The highest BCUT2D eigenvalue weighted by Gasteiger charge is 2.11. The fraction of sp³-hybridized carbons (Fsp3) is 0.250. The van der Waals surface area contributed by atoms with Crippen molar-refractivity contribution in [2.45, 2.75) is 24.3 Å². The Morgan fingerprint density at radius 3 is 2.83 bits per heavy atom. The minimum Gasteiger partial charge on any atom is -0.490 e. The summed E-state index contributed by atoms with van der Waals surface area (Å²) >= 11 is 1.42. The summed E-state index contributed by atoms with van der Waals surface area (Å²) < 4.78 is 11.1. The van der Waals surface area contributed by atoms with Crippen LogP contribution in [0.5, 0.6) is 5.75 Å². The van der Waals surface area contributed by atoms with E-state index in [4.69, 9.17) is 9.15 Å². The minimum atomic E-state index is 0.472. The summed E-state index contributed by atoms with van der Waals surface area (Å²) in [6, 6.07) is 7.47. The fourth-order valence-corrected chi connectivity index (χ4v) is 2.55. The van der Waals surface area contributed by atoms with Crippen molar-refractivity contribution in [2.75, 3.05) is 6.61 Å². The van der Waals surface area contributed by atoms with Gasteiger partial charge in [-0.1, -0.05) is 31.3 Å². The molecule has 0 saturated heterocycles. The van der Waals surface area contributed by atoms with Gasteiger partial charge in [-0.25, -0.2) is 4.98 Å². The Morgan fingerprint density at radius 1 is 1.29 bits per heavy atom. The molecule has 2 heterocycles. The van der Waals surface area contributed by atoms with Gasteiger partial charge in [-0.3, -0.25) is 5.10 Å². The van der Waals surface area contributed by atoms with Gasteiger partial charge in [-0.15, -0.1) is 10.2 Å². The first kappa shape index (κ1) is 16.3. The first-order valence-electron chi connectivity index (χ1n) is 7.49. The van der Waals surface area contributed by atoms with Crippen LogP contribution in [0, 0.1) is 0 Å². The van der Waals surface area contributed by atoms with Gasteiger partial charge in [0, 0.05) is 12.0 Å². The third-order valence-corrected chi connectivity index (χ3v) is 3.93. The maximum absolute atomic E-state index is 5.67. The van der Waals surface area contributed by atoms with Crippen molar-refractivity contribution in [3.63, 3.8) is 0 Å². The number of aromatic nitrogens is 5. The first-order chi connectivity index (χ1) is 11.8. The van der Waals surface area contributed by atoms with Crippen LogP contribution in [0.2, 0.25) is 0 Å². The molecule has 3 rings (SSSR count). The van der Waals surface area contributed by atoms with Crippen LogP contribution in [0.3, 0.4) is 0 Å². The van der Waals surface area contributed by atoms with E-state index >= 15 is 0 Å². The molecule has 0 aliphatic rings. The van der Waals surface area contributed by atoms with Crippen molar-refractivity contribution >= 4 is 11.8 Å². The molecule has 0 atom stereocenters. The topological polar surface area (TPSA) is 89.7 Å². The zero-order valence-electron chi connectivity index (χ0n) is 13.2. The first-order valence-corrected chi connectivity index (χ1v) is 8.47. The molecule has 0 aliphatic carbocycles. The number of hydrogen-bond donors (Lipinski definition) is 1. The van der Waals surface area contributed by atoms with Crippen LogP contribution in [0.4, 0.5) is 0 Å². The van der Waals surface area contributed by atoms with Crippen molar-refractivity contribution in [1.29, 1.82) is 0 Å².